The maximum absolute atomic E-state index is 10.5. The molecule has 0 saturated heterocycles. The van der Waals surface area contributed by atoms with Gasteiger partial charge >= 0.3 is 0 Å². The monoisotopic (exact) mass is 243 g/mol. The van der Waals surface area contributed by atoms with Crippen molar-refractivity contribution in [1.29, 1.82) is 0 Å². The third-order valence-corrected chi connectivity index (χ3v) is 4.03. The Hall–Kier alpha value is -0.120. The molecular weight excluding hydrogens is 214 g/mol. The van der Waals surface area contributed by atoms with Gasteiger partial charge in [0.15, 0.2) is 0 Å². The van der Waals surface area contributed by atoms with Gasteiger partial charge in [-0.05, 0) is 38.6 Å². The second-order valence-corrected chi connectivity index (χ2v) is 5.54. The van der Waals surface area contributed by atoms with Crippen molar-refractivity contribution in [2.24, 2.45) is 5.92 Å². The SMILES string of the molecule is COCCNCCC(C)(O)C1CCCCCC1. The highest BCUT2D eigenvalue weighted by Gasteiger charge is 2.31. The lowest BCUT2D eigenvalue weighted by molar-refractivity contribution is -0.0147. The molecule has 1 rings (SSSR count). The van der Waals surface area contributed by atoms with Crippen LogP contribution in [0.2, 0.25) is 0 Å². The smallest absolute Gasteiger partial charge is 0.0659 e. The van der Waals surface area contributed by atoms with Crippen LogP contribution in [0, 0.1) is 5.92 Å². The molecule has 1 aliphatic rings. The van der Waals surface area contributed by atoms with Gasteiger partial charge in [-0.15, -0.1) is 0 Å². The van der Waals surface area contributed by atoms with Gasteiger partial charge in [0.2, 0.25) is 0 Å². The minimum absolute atomic E-state index is 0.495. The molecule has 17 heavy (non-hydrogen) atoms. The first-order valence-electron chi connectivity index (χ1n) is 7.09. The molecule has 0 spiro atoms. The van der Waals surface area contributed by atoms with Gasteiger partial charge in [-0.1, -0.05) is 25.7 Å². The number of rotatable bonds is 7. The predicted octanol–water partition coefficient (Wildman–Crippen LogP) is 2.33. The summed E-state index contributed by atoms with van der Waals surface area (Å²) in [6.45, 7) is 4.51. The minimum atomic E-state index is -0.496. The zero-order chi connectivity index (χ0) is 12.6. The van der Waals surface area contributed by atoms with Crippen LogP contribution in [-0.4, -0.2) is 37.5 Å². The molecule has 0 bridgehead atoms. The number of nitrogens with one attached hydrogen (secondary N) is 1. The summed E-state index contributed by atoms with van der Waals surface area (Å²) < 4.78 is 4.98. The maximum atomic E-state index is 10.5. The van der Waals surface area contributed by atoms with E-state index in [1.807, 2.05) is 6.92 Å². The molecule has 0 radical (unpaired) electrons. The number of hydrogen-bond acceptors (Lipinski definition) is 3. The number of ether oxygens (including phenoxy) is 1. The summed E-state index contributed by atoms with van der Waals surface area (Å²) in [7, 11) is 1.71. The molecule has 1 fully saturated rings. The molecule has 0 aromatic rings. The third-order valence-electron chi connectivity index (χ3n) is 4.03. The lowest BCUT2D eigenvalue weighted by atomic mass is 9.81. The fourth-order valence-electron chi connectivity index (χ4n) is 2.75. The van der Waals surface area contributed by atoms with Crippen LogP contribution in [0.25, 0.3) is 0 Å². The van der Waals surface area contributed by atoms with Gasteiger partial charge < -0.3 is 15.2 Å². The van der Waals surface area contributed by atoms with E-state index >= 15 is 0 Å². The van der Waals surface area contributed by atoms with Crippen molar-refractivity contribution >= 4 is 0 Å². The number of methoxy groups -OCH3 is 1. The molecule has 0 aromatic carbocycles. The highest BCUT2D eigenvalue weighted by molar-refractivity contribution is 4.84. The Morgan fingerprint density at radius 3 is 2.41 bits per heavy atom. The van der Waals surface area contributed by atoms with Gasteiger partial charge in [-0.25, -0.2) is 0 Å². The highest BCUT2D eigenvalue weighted by Crippen LogP contribution is 2.33. The molecule has 3 nitrogen and oxygen atoms in total. The lowest BCUT2D eigenvalue weighted by Crippen LogP contribution is -2.38. The maximum Gasteiger partial charge on any atom is 0.0659 e. The van der Waals surface area contributed by atoms with Crippen LogP contribution in [0.1, 0.15) is 51.9 Å². The van der Waals surface area contributed by atoms with E-state index in [4.69, 9.17) is 4.74 Å². The van der Waals surface area contributed by atoms with Crippen molar-refractivity contribution in [2.75, 3.05) is 26.8 Å². The van der Waals surface area contributed by atoms with E-state index < -0.39 is 5.60 Å². The summed E-state index contributed by atoms with van der Waals surface area (Å²) in [6, 6.07) is 0. The van der Waals surface area contributed by atoms with Crippen molar-refractivity contribution in [3.8, 4) is 0 Å². The normalized spacial score (nSPS) is 22.1. The van der Waals surface area contributed by atoms with Gasteiger partial charge in [-0.3, -0.25) is 0 Å². The topological polar surface area (TPSA) is 41.5 Å². The second kappa shape index (κ2) is 8.06. The first kappa shape index (κ1) is 14.9. The van der Waals surface area contributed by atoms with Crippen LogP contribution in [0.5, 0.6) is 0 Å². The molecule has 1 atom stereocenters. The molecule has 102 valence electrons. The van der Waals surface area contributed by atoms with E-state index in [-0.39, 0.29) is 0 Å². The molecule has 3 heteroatoms. The minimum Gasteiger partial charge on any atom is -0.390 e. The summed E-state index contributed by atoms with van der Waals surface area (Å²) in [4.78, 5) is 0. The summed E-state index contributed by atoms with van der Waals surface area (Å²) >= 11 is 0. The van der Waals surface area contributed by atoms with Crippen LogP contribution >= 0.6 is 0 Å². The van der Waals surface area contributed by atoms with E-state index in [0.717, 1.165) is 26.1 Å². The quantitative estimate of drug-likeness (QED) is 0.533. The summed E-state index contributed by atoms with van der Waals surface area (Å²) in [5.41, 5.74) is -0.496. The van der Waals surface area contributed by atoms with Crippen molar-refractivity contribution in [3.05, 3.63) is 0 Å². The summed E-state index contributed by atoms with van der Waals surface area (Å²) in [5, 5.41) is 13.9. The average molecular weight is 243 g/mol. The molecule has 1 saturated carbocycles. The number of aliphatic hydroxyl groups is 1. The Balaban J connectivity index is 2.22. The molecule has 0 aromatic heterocycles. The van der Waals surface area contributed by atoms with Crippen LogP contribution in [-0.2, 0) is 4.74 Å². The van der Waals surface area contributed by atoms with Crippen LogP contribution < -0.4 is 5.32 Å². The van der Waals surface area contributed by atoms with Crippen LogP contribution in [0.15, 0.2) is 0 Å². The third kappa shape index (κ3) is 5.84. The molecule has 1 aliphatic carbocycles. The van der Waals surface area contributed by atoms with Gasteiger partial charge in [0, 0.05) is 13.7 Å². The standard InChI is InChI=1S/C14H29NO2/c1-14(16,9-10-15-11-12-17-2)13-7-5-3-4-6-8-13/h13,15-16H,3-12H2,1-2H3. The summed E-state index contributed by atoms with van der Waals surface area (Å²) in [6.07, 6.45) is 8.52. The van der Waals surface area contributed by atoms with Crippen LogP contribution in [0.4, 0.5) is 0 Å². The van der Waals surface area contributed by atoms with E-state index in [2.05, 4.69) is 5.32 Å². The molecule has 1 unspecified atom stereocenters. The Kier molecular flexibility index (Phi) is 7.09. The average Bonchev–Trinajstić information content (AvgIpc) is 2.57. The van der Waals surface area contributed by atoms with Gasteiger partial charge in [0.05, 0.1) is 12.2 Å². The molecule has 0 amide bonds. The molecule has 0 aliphatic heterocycles. The zero-order valence-electron chi connectivity index (χ0n) is 11.5. The second-order valence-electron chi connectivity index (χ2n) is 5.54. The molecular formula is C14H29NO2. The Morgan fingerprint density at radius 2 is 1.82 bits per heavy atom. The van der Waals surface area contributed by atoms with Crippen LogP contribution in [0.3, 0.4) is 0 Å². The van der Waals surface area contributed by atoms with Crippen molar-refractivity contribution in [1.82, 2.24) is 5.32 Å². The van der Waals surface area contributed by atoms with Gasteiger partial charge in [0.25, 0.3) is 0 Å². The Morgan fingerprint density at radius 1 is 1.18 bits per heavy atom. The number of hydrogen-bond donors (Lipinski definition) is 2. The van der Waals surface area contributed by atoms with Crippen molar-refractivity contribution in [2.45, 2.75) is 57.5 Å². The first-order chi connectivity index (χ1) is 8.17. The first-order valence-corrected chi connectivity index (χ1v) is 7.09. The highest BCUT2D eigenvalue weighted by atomic mass is 16.5. The van der Waals surface area contributed by atoms with Crippen molar-refractivity contribution in [3.63, 3.8) is 0 Å². The largest absolute Gasteiger partial charge is 0.390 e. The van der Waals surface area contributed by atoms with Gasteiger partial charge in [0.1, 0.15) is 0 Å². The van der Waals surface area contributed by atoms with Crippen molar-refractivity contribution < 1.29 is 9.84 Å². The Bertz CT molecular complexity index is 187. The van der Waals surface area contributed by atoms with E-state index in [0.29, 0.717) is 5.92 Å². The lowest BCUT2D eigenvalue weighted by Gasteiger charge is -2.32. The van der Waals surface area contributed by atoms with E-state index in [1.54, 1.807) is 7.11 Å². The van der Waals surface area contributed by atoms with E-state index in [1.165, 1.54) is 38.5 Å². The molecule has 2 N–H and O–H groups in total. The fraction of sp³-hybridized carbons (Fsp3) is 1.00. The Labute approximate surface area is 106 Å². The fourth-order valence-corrected chi connectivity index (χ4v) is 2.75. The molecule has 0 heterocycles. The predicted molar refractivity (Wildman–Crippen MR) is 71.2 cm³/mol. The zero-order valence-corrected chi connectivity index (χ0v) is 11.5. The van der Waals surface area contributed by atoms with E-state index in [9.17, 15) is 5.11 Å². The summed E-state index contributed by atoms with van der Waals surface area (Å²) in [5.74, 6) is 0.495. The van der Waals surface area contributed by atoms with Gasteiger partial charge in [-0.2, -0.15) is 0 Å².